The number of hydrogen-bond donors (Lipinski definition) is 0. The van der Waals surface area contributed by atoms with Crippen LogP contribution in [0.15, 0.2) is 71.6 Å². The summed E-state index contributed by atoms with van der Waals surface area (Å²) in [5.74, 6) is 2.42. The molecule has 3 aromatic carbocycles. The second-order valence-corrected chi connectivity index (χ2v) is 8.73. The number of anilines is 1. The zero-order valence-corrected chi connectivity index (χ0v) is 19.7. The molecule has 0 spiro atoms. The Balaban J connectivity index is 1.31. The van der Waals surface area contributed by atoms with Gasteiger partial charge in [0.05, 0.1) is 26.3 Å². The van der Waals surface area contributed by atoms with E-state index in [9.17, 15) is 0 Å². The van der Waals surface area contributed by atoms with Gasteiger partial charge in [0.2, 0.25) is 0 Å². The van der Waals surface area contributed by atoms with Gasteiger partial charge in [-0.2, -0.15) is 0 Å². The summed E-state index contributed by atoms with van der Waals surface area (Å²) in [5.41, 5.74) is 3.69. The molecule has 0 N–H and O–H groups in total. The van der Waals surface area contributed by atoms with Gasteiger partial charge in [0, 0.05) is 49.4 Å². The number of piperazine rings is 1. The quantitative estimate of drug-likeness (QED) is 0.426. The third-order valence-electron chi connectivity index (χ3n) is 5.66. The lowest BCUT2D eigenvalue weighted by atomic mass is 10.1. The van der Waals surface area contributed by atoms with Crippen LogP contribution < -0.4 is 18.6 Å². The van der Waals surface area contributed by atoms with Crippen molar-refractivity contribution in [2.24, 2.45) is 0 Å². The minimum atomic E-state index is 0.767. The Hall–Kier alpha value is -2.83. The fraction of sp³-hybridized carbons (Fsp3) is 0.308. The van der Waals surface area contributed by atoms with Crippen molar-refractivity contribution in [1.82, 2.24) is 4.90 Å². The highest BCUT2D eigenvalue weighted by atomic mass is 32.2. The third kappa shape index (κ3) is 5.69. The summed E-state index contributed by atoms with van der Waals surface area (Å²) in [6.45, 7) is 7.00. The van der Waals surface area contributed by atoms with E-state index in [1.807, 2.05) is 12.1 Å². The van der Waals surface area contributed by atoms with Crippen molar-refractivity contribution in [3.8, 4) is 17.2 Å². The molecule has 0 bridgehead atoms. The van der Waals surface area contributed by atoms with E-state index < -0.39 is 0 Å². The van der Waals surface area contributed by atoms with E-state index in [-0.39, 0.29) is 0 Å². The first-order valence-corrected chi connectivity index (χ1v) is 11.6. The van der Waals surface area contributed by atoms with Gasteiger partial charge < -0.3 is 18.6 Å². The van der Waals surface area contributed by atoms with Crippen molar-refractivity contribution < 1.29 is 13.7 Å². The van der Waals surface area contributed by atoms with Crippen molar-refractivity contribution in [1.29, 1.82) is 0 Å². The zero-order valence-electron chi connectivity index (χ0n) is 18.9. The van der Waals surface area contributed by atoms with E-state index in [0.29, 0.717) is 0 Å². The Morgan fingerprint density at radius 2 is 1.56 bits per heavy atom. The number of rotatable bonds is 8. The summed E-state index contributed by atoms with van der Waals surface area (Å²) in [7, 11) is 3.34. The molecule has 168 valence electrons. The maximum Gasteiger partial charge on any atom is 0.161 e. The summed E-state index contributed by atoms with van der Waals surface area (Å²) >= 11 is 1.40. The van der Waals surface area contributed by atoms with Gasteiger partial charge in [0.25, 0.3) is 0 Å². The summed E-state index contributed by atoms with van der Waals surface area (Å²) in [5, 5.41) is 0. The van der Waals surface area contributed by atoms with Crippen LogP contribution in [0.25, 0.3) is 0 Å². The molecule has 1 aliphatic rings. The van der Waals surface area contributed by atoms with Crippen molar-refractivity contribution in [3.05, 3.63) is 77.9 Å². The lowest BCUT2D eigenvalue weighted by Crippen LogP contribution is -2.45. The standard InChI is InChI=1S/C26H30N2O3S/c1-20-7-10-24(11-8-20)32-31-23-6-4-5-22(18-23)28-15-13-27(14-16-28)19-21-9-12-25(29-2)26(17-21)30-3/h4-12,17-18H,13-16,19H2,1-3H3. The lowest BCUT2D eigenvalue weighted by molar-refractivity contribution is 0.249. The molecule has 1 heterocycles. The van der Waals surface area contributed by atoms with E-state index in [1.54, 1.807) is 14.2 Å². The second-order valence-electron chi connectivity index (χ2n) is 7.93. The van der Waals surface area contributed by atoms with Gasteiger partial charge in [0.1, 0.15) is 5.75 Å². The smallest absolute Gasteiger partial charge is 0.161 e. The van der Waals surface area contributed by atoms with Gasteiger partial charge in [-0.3, -0.25) is 4.90 Å². The average molecular weight is 451 g/mol. The third-order valence-corrected chi connectivity index (χ3v) is 6.40. The molecule has 5 nitrogen and oxygen atoms in total. The molecule has 1 fully saturated rings. The summed E-state index contributed by atoms with van der Waals surface area (Å²) in [6.07, 6.45) is 0. The molecule has 3 aromatic rings. The predicted molar refractivity (Wildman–Crippen MR) is 131 cm³/mol. The molecule has 4 rings (SSSR count). The maximum absolute atomic E-state index is 5.96. The first kappa shape index (κ1) is 22.4. The van der Waals surface area contributed by atoms with Crippen LogP contribution >= 0.6 is 12.0 Å². The van der Waals surface area contributed by atoms with Crippen LogP contribution in [0.4, 0.5) is 5.69 Å². The molecule has 0 aliphatic carbocycles. The van der Waals surface area contributed by atoms with E-state index in [0.717, 1.165) is 54.9 Å². The fourth-order valence-corrected chi connectivity index (χ4v) is 4.37. The molecular weight excluding hydrogens is 420 g/mol. The fourth-order valence-electron chi connectivity index (χ4n) is 3.82. The van der Waals surface area contributed by atoms with Crippen molar-refractivity contribution in [3.63, 3.8) is 0 Å². The highest BCUT2D eigenvalue weighted by Gasteiger charge is 2.18. The molecule has 0 saturated carbocycles. The maximum atomic E-state index is 5.96. The highest BCUT2D eigenvalue weighted by molar-refractivity contribution is 7.95. The van der Waals surface area contributed by atoms with Crippen LogP contribution in [0.3, 0.4) is 0 Å². The average Bonchev–Trinajstić information content (AvgIpc) is 2.84. The number of hydrogen-bond acceptors (Lipinski definition) is 6. The molecule has 1 saturated heterocycles. The molecule has 0 radical (unpaired) electrons. The lowest BCUT2D eigenvalue weighted by Gasteiger charge is -2.36. The van der Waals surface area contributed by atoms with Crippen LogP contribution in [-0.4, -0.2) is 45.3 Å². The molecular formula is C26H30N2O3S. The molecule has 0 amide bonds. The Bertz CT molecular complexity index is 1020. The van der Waals surface area contributed by atoms with Gasteiger partial charge in [0.15, 0.2) is 11.5 Å². The number of aryl methyl sites for hydroxylation is 1. The Kier molecular flexibility index (Phi) is 7.45. The van der Waals surface area contributed by atoms with Crippen molar-refractivity contribution in [2.45, 2.75) is 18.4 Å². The second kappa shape index (κ2) is 10.7. The molecule has 0 unspecified atom stereocenters. The number of ether oxygens (including phenoxy) is 2. The van der Waals surface area contributed by atoms with Crippen LogP contribution in [0.1, 0.15) is 11.1 Å². The monoisotopic (exact) mass is 450 g/mol. The number of benzene rings is 3. The Labute approximate surface area is 195 Å². The van der Waals surface area contributed by atoms with Crippen molar-refractivity contribution >= 4 is 17.7 Å². The number of methoxy groups -OCH3 is 2. The molecule has 32 heavy (non-hydrogen) atoms. The normalized spacial score (nSPS) is 14.3. The zero-order chi connectivity index (χ0) is 22.3. The highest BCUT2D eigenvalue weighted by Crippen LogP contribution is 2.30. The summed E-state index contributed by atoms with van der Waals surface area (Å²) < 4.78 is 16.7. The summed E-state index contributed by atoms with van der Waals surface area (Å²) in [6, 6.07) is 22.9. The van der Waals surface area contributed by atoms with Gasteiger partial charge in [-0.1, -0.05) is 29.8 Å². The van der Waals surface area contributed by atoms with Crippen LogP contribution in [0, 0.1) is 6.92 Å². The Morgan fingerprint density at radius 1 is 0.812 bits per heavy atom. The summed E-state index contributed by atoms with van der Waals surface area (Å²) in [4.78, 5) is 6.00. The van der Waals surface area contributed by atoms with Crippen molar-refractivity contribution in [2.75, 3.05) is 45.3 Å². The van der Waals surface area contributed by atoms with Crippen LogP contribution in [-0.2, 0) is 6.54 Å². The van der Waals surface area contributed by atoms with E-state index in [2.05, 4.69) is 71.3 Å². The predicted octanol–water partition coefficient (Wildman–Crippen LogP) is 5.42. The van der Waals surface area contributed by atoms with Gasteiger partial charge >= 0.3 is 0 Å². The van der Waals surface area contributed by atoms with E-state index in [4.69, 9.17) is 13.7 Å². The first-order chi connectivity index (χ1) is 15.6. The molecule has 1 aliphatic heterocycles. The molecule has 0 aromatic heterocycles. The van der Waals surface area contributed by atoms with Gasteiger partial charge in [-0.25, -0.2) is 0 Å². The van der Waals surface area contributed by atoms with Gasteiger partial charge in [-0.15, -0.1) is 0 Å². The topological polar surface area (TPSA) is 34.2 Å². The largest absolute Gasteiger partial charge is 0.493 e. The minimum Gasteiger partial charge on any atom is -0.493 e. The SMILES string of the molecule is COc1ccc(CN2CCN(c3cccc(OSc4ccc(C)cc4)c3)CC2)cc1OC. The molecule has 0 atom stereocenters. The number of nitrogens with zero attached hydrogens (tertiary/aromatic N) is 2. The minimum absolute atomic E-state index is 0.767. The van der Waals surface area contributed by atoms with E-state index >= 15 is 0 Å². The van der Waals surface area contributed by atoms with Gasteiger partial charge in [-0.05, 0) is 48.9 Å². The van der Waals surface area contributed by atoms with Crippen LogP contribution in [0.2, 0.25) is 0 Å². The molecule has 6 heteroatoms. The Morgan fingerprint density at radius 3 is 2.28 bits per heavy atom. The van der Waals surface area contributed by atoms with E-state index in [1.165, 1.54) is 28.9 Å². The first-order valence-electron chi connectivity index (χ1n) is 10.8. The van der Waals surface area contributed by atoms with Crippen LogP contribution in [0.5, 0.6) is 17.2 Å².